The number of hydrogen-bond acceptors (Lipinski definition) is 5. The van der Waals surface area contributed by atoms with Crippen LogP contribution in [0.25, 0.3) is 0 Å². The van der Waals surface area contributed by atoms with Crippen molar-refractivity contribution in [3.05, 3.63) is 41.3 Å². The van der Waals surface area contributed by atoms with Gasteiger partial charge in [-0.25, -0.2) is 8.42 Å². The van der Waals surface area contributed by atoms with Gasteiger partial charge in [-0.1, -0.05) is 22.9 Å². The molecule has 0 aliphatic rings. The minimum absolute atomic E-state index is 0.00290. The Bertz CT molecular complexity index is 790. The van der Waals surface area contributed by atoms with Crippen molar-refractivity contribution in [2.24, 2.45) is 0 Å². The number of aryl methyl sites for hydroxylation is 3. The van der Waals surface area contributed by atoms with Crippen molar-refractivity contribution < 1.29 is 17.7 Å². The van der Waals surface area contributed by atoms with E-state index in [0.29, 0.717) is 5.69 Å². The molecule has 0 saturated carbocycles. The first-order valence-corrected chi connectivity index (χ1v) is 8.41. The van der Waals surface area contributed by atoms with Crippen molar-refractivity contribution in [3.63, 3.8) is 0 Å². The zero-order chi connectivity index (χ0) is 17.2. The van der Waals surface area contributed by atoms with Crippen molar-refractivity contribution in [2.75, 3.05) is 18.9 Å². The molecule has 0 spiro atoms. The molecule has 1 aromatic carbocycles. The predicted molar refractivity (Wildman–Crippen MR) is 85.6 cm³/mol. The number of carbonyl (C=O) groups excluding carboxylic acids is 1. The molecule has 1 N–H and O–H groups in total. The van der Waals surface area contributed by atoms with Crippen LogP contribution in [0.1, 0.15) is 17.0 Å². The number of nitrogens with zero attached hydrogens (tertiary/aromatic N) is 2. The number of amides is 1. The average Bonchev–Trinajstić information content (AvgIpc) is 2.81. The lowest BCUT2D eigenvalue weighted by atomic mass is 10.2. The second-order valence-corrected chi connectivity index (χ2v) is 7.31. The van der Waals surface area contributed by atoms with Crippen LogP contribution in [0.4, 0.5) is 5.69 Å². The topological polar surface area (TPSA) is 92.5 Å². The predicted octanol–water partition coefficient (Wildman–Crippen LogP) is 1.86. The van der Waals surface area contributed by atoms with Crippen molar-refractivity contribution in [1.29, 1.82) is 0 Å². The number of sulfonamides is 1. The number of likely N-dealkylation sites (N-methyl/N-ethyl adjacent to an activating group) is 1. The van der Waals surface area contributed by atoms with Crippen molar-refractivity contribution >= 4 is 21.6 Å². The summed E-state index contributed by atoms with van der Waals surface area (Å²) < 4.78 is 30.9. The number of anilines is 1. The minimum atomic E-state index is -3.83. The number of nitrogens with one attached hydrogen (secondary N) is 1. The smallest absolute Gasteiger partial charge is 0.248 e. The van der Waals surface area contributed by atoms with Gasteiger partial charge < -0.3 is 9.84 Å². The summed E-state index contributed by atoms with van der Waals surface area (Å²) in [6.45, 7) is 4.70. The highest BCUT2D eigenvalue weighted by molar-refractivity contribution is 7.89. The molecule has 0 radical (unpaired) electrons. The van der Waals surface area contributed by atoms with Gasteiger partial charge in [-0.05, 0) is 32.9 Å². The van der Waals surface area contributed by atoms with E-state index in [9.17, 15) is 13.2 Å². The molecule has 124 valence electrons. The fourth-order valence-electron chi connectivity index (χ4n) is 2.12. The van der Waals surface area contributed by atoms with E-state index in [1.165, 1.54) is 14.0 Å². The minimum Gasteiger partial charge on any atom is -0.360 e. The summed E-state index contributed by atoms with van der Waals surface area (Å²) in [4.78, 5) is 12.0. The third-order valence-electron chi connectivity index (χ3n) is 3.34. The zero-order valence-corrected chi connectivity index (χ0v) is 14.3. The van der Waals surface area contributed by atoms with E-state index >= 15 is 0 Å². The van der Waals surface area contributed by atoms with Gasteiger partial charge in [0.05, 0.1) is 6.54 Å². The highest BCUT2D eigenvalue weighted by atomic mass is 32.2. The van der Waals surface area contributed by atoms with Gasteiger partial charge in [0.2, 0.25) is 15.9 Å². The van der Waals surface area contributed by atoms with Crippen molar-refractivity contribution in [1.82, 2.24) is 9.46 Å². The van der Waals surface area contributed by atoms with Crippen LogP contribution in [-0.4, -0.2) is 37.4 Å². The van der Waals surface area contributed by atoms with Crippen LogP contribution < -0.4 is 5.32 Å². The molecule has 1 aromatic heterocycles. The maximum absolute atomic E-state index is 12.5. The van der Waals surface area contributed by atoms with Gasteiger partial charge in [-0.3, -0.25) is 4.79 Å². The van der Waals surface area contributed by atoms with Gasteiger partial charge in [0.1, 0.15) is 10.6 Å². The molecule has 0 aliphatic heterocycles. The third kappa shape index (κ3) is 3.77. The second-order valence-electron chi connectivity index (χ2n) is 5.33. The molecule has 0 aliphatic carbocycles. The molecule has 23 heavy (non-hydrogen) atoms. The molecule has 0 atom stereocenters. The average molecular weight is 337 g/mol. The summed E-state index contributed by atoms with van der Waals surface area (Å²) in [6, 6.07) is 7.24. The summed E-state index contributed by atoms with van der Waals surface area (Å²) in [5.41, 5.74) is 1.96. The Morgan fingerprint density at radius 2 is 1.83 bits per heavy atom. The monoisotopic (exact) mass is 337 g/mol. The van der Waals surface area contributed by atoms with Crippen molar-refractivity contribution in [2.45, 2.75) is 25.7 Å². The summed E-state index contributed by atoms with van der Waals surface area (Å²) in [5.74, 6) is -0.222. The molecular weight excluding hydrogens is 318 g/mol. The van der Waals surface area contributed by atoms with Crippen LogP contribution >= 0.6 is 0 Å². The van der Waals surface area contributed by atoms with Crippen molar-refractivity contribution in [3.8, 4) is 0 Å². The van der Waals surface area contributed by atoms with Gasteiger partial charge in [0, 0.05) is 12.7 Å². The number of rotatable bonds is 5. The molecule has 1 heterocycles. The summed E-state index contributed by atoms with van der Waals surface area (Å²) in [7, 11) is -2.49. The van der Waals surface area contributed by atoms with E-state index in [1.54, 1.807) is 19.1 Å². The molecule has 2 rings (SSSR count). The quantitative estimate of drug-likeness (QED) is 0.899. The lowest BCUT2D eigenvalue weighted by Gasteiger charge is -2.16. The highest BCUT2D eigenvalue weighted by Gasteiger charge is 2.29. The van der Waals surface area contributed by atoms with Crippen LogP contribution in [0.2, 0.25) is 0 Å². The second kappa shape index (κ2) is 6.51. The van der Waals surface area contributed by atoms with Gasteiger partial charge in [0.25, 0.3) is 0 Å². The van der Waals surface area contributed by atoms with E-state index in [0.717, 1.165) is 9.87 Å². The Morgan fingerprint density at radius 3 is 2.35 bits per heavy atom. The van der Waals surface area contributed by atoms with E-state index in [4.69, 9.17) is 4.52 Å². The van der Waals surface area contributed by atoms with Gasteiger partial charge in [-0.15, -0.1) is 0 Å². The molecule has 0 bridgehead atoms. The van der Waals surface area contributed by atoms with Gasteiger partial charge in [-0.2, -0.15) is 4.31 Å². The summed E-state index contributed by atoms with van der Waals surface area (Å²) >= 11 is 0. The summed E-state index contributed by atoms with van der Waals surface area (Å²) in [6.07, 6.45) is 0. The zero-order valence-electron chi connectivity index (χ0n) is 13.5. The molecule has 8 heteroatoms. The van der Waals surface area contributed by atoms with Crippen LogP contribution in [0.3, 0.4) is 0 Å². The SMILES string of the molecule is Cc1ccc(NC(=O)CN(C)S(=O)(=O)c2c(C)noc2C)cc1. The van der Waals surface area contributed by atoms with Crippen LogP contribution in [-0.2, 0) is 14.8 Å². The normalized spacial score (nSPS) is 11.7. The number of benzene rings is 1. The molecule has 0 fully saturated rings. The van der Waals surface area contributed by atoms with Crippen LogP contribution in [0.5, 0.6) is 0 Å². The first kappa shape index (κ1) is 17.2. The maximum Gasteiger partial charge on any atom is 0.248 e. The fourth-order valence-corrected chi connectivity index (χ4v) is 3.53. The first-order valence-electron chi connectivity index (χ1n) is 6.97. The number of carbonyl (C=O) groups is 1. The first-order chi connectivity index (χ1) is 10.7. The number of hydrogen-bond donors (Lipinski definition) is 1. The van der Waals surface area contributed by atoms with Crippen LogP contribution in [0, 0.1) is 20.8 Å². The number of aromatic nitrogens is 1. The molecule has 0 unspecified atom stereocenters. The summed E-state index contributed by atoms with van der Waals surface area (Å²) in [5, 5.41) is 6.30. The fraction of sp³-hybridized carbons (Fsp3) is 0.333. The Morgan fingerprint density at radius 1 is 1.22 bits per heavy atom. The Kier molecular flexibility index (Phi) is 4.86. The Labute approximate surface area is 135 Å². The standard InChI is InChI=1S/C15H19N3O4S/c1-10-5-7-13(8-6-10)16-14(19)9-18(4)23(20,21)15-11(2)17-22-12(15)3/h5-8H,9H2,1-4H3,(H,16,19). The lowest BCUT2D eigenvalue weighted by molar-refractivity contribution is -0.116. The molecule has 1 amide bonds. The Balaban J connectivity index is 2.10. The van der Waals surface area contributed by atoms with Crippen LogP contribution in [0.15, 0.2) is 33.7 Å². The van der Waals surface area contributed by atoms with E-state index in [-0.39, 0.29) is 22.9 Å². The van der Waals surface area contributed by atoms with Gasteiger partial charge in [0.15, 0.2) is 5.76 Å². The van der Waals surface area contributed by atoms with E-state index in [1.807, 2.05) is 19.1 Å². The van der Waals surface area contributed by atoms with E-state index in [2.05, 4.69) is 10.5 Å². The maximum atomic E-state index is 12.5. The molecular formula is C15H19N3O4S. The Hall–Kier alpha value is -2.19. The van der Waals surface area contributed by atoms with E-state index < -0.39 is 15.9 Å². The third-order valence-corrected chi connectivity index (χ3v) is 5.39. The highest BCUT2D eigenvalue weighted by Crippen LogP contribution is 2.22. The molecule has 0 saturated heterocycles. The largest absolute Gasteiger partial charge is 0.360 e. The lowest BCUT2D eigenvalue weighted by Crippen LogP contribution is -2.35. The molecule has 7 nitrogen and oxygen atoms in total. The molecule has 2 aromatic rings. The van der Waals surface area contributed by atoms with Gasteiger partial charge >= 0.3 is 0 Å².